The van der Waals surface area contributed by atoms with E-state index < -0.39 is 26.7 Å². The minimum atomic E-state index is -4.10. The maximum Gasteiger partial charge on any atom is 0.335 e. The minimum absolute atomic E-state index is 0.0589. The normalized spacial score (nSPS) is 11.1. The van der Waals surface area contributed by atoms with Gasteiger partial charge in [0.15, 0.2) is 0 Å². The number of carboxylic acid groups (broad SMARTS) is 1. The van der Waals surface area contributed by atoms with Crippen molar-refractivity contribution in [2.24, 2.45) is 0 Å². The van der Waals surface area contributed by atoms with Gasteiger partial charge >= 0.3 is 5.97 Å². The molecule has 1 amide bonds. The zero-order valence-corrected chi connectivity index (χ0v) is 11.3. The van der Waals surface area contributed by atoms with Crippen molar-refractivity contribution in [2.75, 3.05) is 13.1 Å². The van der Waals surface area contributed by atoms with Crippen molar-refractivity contribution in [1.82, 2.24) is 10.0 Å². The number of benzene rings is 1. The number of carboxylic acids is 1. The Bertz CT molecular complexity index is 630. The standard InChI is InChI=1S/C11H13FN2O5S/c1-7(15)13-4-5-14-20(18,19)10-3-2-8(11(16)17)6-9(10)12/h2-3,6,14H,4-5H2,1H3,(H,13,15)(H,16,17). The van der Waals surface area contributed by atoms with E-state index in [-0.39, 0.29) is 24.6 Å². The van der Waals surface area contributed by atoms with Gasteiger partial charge < -0.3 is 10.4 Å². The van der Waals surface area contributed by atoms with Crippen LogP contribution in [0.2, 0.25) is 0 Å². The highest BCUT2D eigenvalue weighted by Crippen LogP contribution is 2.15. The smallest absolute Gasteiger partial charge is 0.335 e. The van der Waals surface area contributed by atoms with Crippen molar-refractivity contribution in [3.8, 4) is 0 Å². The summed E-state index contributed by atoms with van der Waals surface area (Å²) in [6, 6.07) is 2.50. The van der Waals surface area contributed by atoms with Crippen LogP contribution in [0.1, 0.15) is 17.3 Å². The summed E-state index contributed by atoms with van der Waals surface area (Å²) in [5, 5.41) is 11.0. The van der Waals surface area contributed by atoms with Crippen molar-refractivity contribution in [2.45, 2.75) is 11.8 Å². The summed E-state index contributed by atoms with van der Waals surface area (Å²) in [4.78, 5) is 20.6. The molecule has 0 unspecified atom stereocenters. The molecule has 20 heavy (non-hydrogen) atoms. The summed E-state index contributed by atoms with van der Waals surface area (Å²) in [7, 11) is -4.10. The molecule has 1 aromatic carbocycles. The van der Waals surface area contributed by atoms with Crippen LogP contribution in [-0.2, 0) is 14.8 Å². The molecule has 0 fully saturated rings. The molecule has 0 atom stereocenters. The lowest BCUT2D eigenvalue weighted by Gasteiger charge is -2.08. The van der Waals surface area contributed by atoms with Gasteiger partial charge in [-0.1, -0.05) is 0 Å². The van der Waals surface area contributed by atoms with Gasteiger partial charge in [-0.2, -0.15) is 0 Å². The number of amides is 1. The van der Waals surface area contributed by atoms with Crippen LogP contribution in [0.5, 0.6) is 0 Å². The number of halogens is 1. The molecule has 0 bridgehead atoms. The average molecular weight is 304 g/mol. The van der Waals surface area contributed by atoms with Crippen molar-refractivity contribution >= 4 is 21.9 Å². The largest absolute Gasteiger partial charge is 0.478 e. The lowest BCUT2D eigenvalue weighted by atomic mass is 10.2. The van der Waals surface area contributed by atoms with E-state index in [2.05, 4.69) is 10.0 Å². The molecule has 3 N–H and O–H groups in total. The summed E-state index contributed by atoms with van der Waals surface area (Å²) < 4.78 is 39.2. The predicted molar refractivity (Wildman–Crippen MR) is 67.2 cm³/mol. The first kappa shape index (κ1) is 16.1. The Hall–Kier alpha value is -2.00. The van der Waals surface area contributed by atoms with E-state index in [1.165, 1.54) is 6.92 Å². The van der Waals surface area contributed by atoms with E-state index >= 15 is 0 Å². The fourth-order valence-corrected chi connectivity index (χ4v) is 2.44. The van der Waals surface area contributed by atoms with Gasteiger partial charge in [0.1, 0.15) is 10.7 Å². The van der Waals surface area contributed by atoms with Gasteiger partial charge in [0, 0.05) is 20.0 Å². The van der Waals surface area contributed by atoms with E-state index in [0.717, 1.165) is 12.1 Å². The molecule has 0 saturated heterocycles. The van der Waals surface area contributed by atoms with E-state index in [9.17, 15) is 22.4 Å². The summed E-state index contributed by atoms with van der Waals surface area (Å²) in [6.45, 7) is 1.23. The van der Waals surface area contributed by atoms with Crippen LogP contribution in [-0.4, -0.2) is 38.5 Å². The maximum absolute atomic E-state index is 13.6. The molecule has 0 spiro atoms. The van der Waals surface area contributed by atoms with Crippen molar-refractivity contribution < 1.29 is 27.5 Å². The highest BCUT2D eigenvalue weighted by molar-refractivity contribution is 7.89. The third-order valence-corrected chi connectivity index (χ3v) is 3.75. The molecule has 0 aliphatic heterocycles. The zero-order valence-electron chi connectivity index (χ0n) is 10.5. The minimum Gasteiger partial charge on any atom is -0.478 e. The van der Waals surface area contributed by atoms with Gasteiger partial charge in [-0.3, -0.25) is 4.79 Å². The Labute approximate surface area is 114 Å². The van der Waals surface area contributed by atoms with Crippen LogP contribution >= 0.6 is 0 Å². The molecule has 0 aliphatic rings. The highest BCUT2D eigenvalue weighted by Gasteiger charge is 2.19. The highest BCUT2D eigenvalue weighted by atomic mass is 32.2. The first-order chi connectivity index (χ1) is 9.24. The quantitative estimate of drug-likeness (QED) is 0.637. The summed E-state index contributed by atoms with van der Waals surface area (Å²) in [6.07, 6.45) is 0. The van der Waals surface area contributed by atoms with Gasteiger partial charge in [-0.15, -0.1) is 0 Å². The Morgan fingerprint density at radius 3 is 2.45 bits per heavy atom. The first-order valence-corrected chi connectivity index (χ1v) is 6.99. The van der Waals surface area contributed by atoms with Crippen LogP contribution in [0.4, 0.5) is 4.39 Å². The molecule has 0 saturated carbocycles. The van der Waals surface area contributed by atoms with E-state index in [4.69, 9.17) is 5.11 Å². The summed E-state index contributed by atoms with van der Waals surface area (Å²) >= 11 is 0. The van der Waals surface area contributed by atoms with E-state index in [0.29, 0.717) is 6.07 Å². The molecule has 0 aromatic heterocycles. The van der Waals surface area contributed by atoms with E-state index in [1.807, 2.05) is 0 Å². The molecule has 0 radical (unpaired) electrons. The predicted octanol–water partition coefficient (Wildman–Crippen LogP) is -0.0617. The maximum atomic E-state index is 13.6. The Morgan fingerprint density at radius 2 is 1.95 bits per heavy atom. The molecular weight excluding hydrogens is 291 g/mol. The van der Waals surface area contributed by atoms with Crippen LogP contribution in [0.15, 0.2) is 23.1 Å². The Kier molecular flexibility index (Phi) is 5.17. The topological polar surface area (TPSA) is 113 Å². The second kappa shape index (κ2) is 6.44. The number of hydrogen-bond donors (Lipinski definition) is 3. The first-order valence-electron chi connectivity index (χ1n) is 5.51. The second-order valence-corrected chi connectivity index (χ2v) is 5.57. The van der Waals surface area contributed by atoms with Gasteiger partial charge in [-0.05, 0) is 18.2 Å². The van der Waals surface area contributed by atoms with Crippen LogP contribution in [0.3, 0.4) is 0 Å². The van der Waals surface area contributed by atoms with Crippen LogP contribution in [0, 0.1) is 5.82 Å². The number of hydrogen-bond acceptors (Lipinski definition) is 4. The van der Waals surface area contributed by atoms with Gasteiger partial charge in [0.05, 0.1) is 5.56 Å². The average Bonchev–Trinajstić information content (AvgIpc) is 2.34. The third-order valence-electron chi connectivity index (χ3n) is 2.26. The van der Waals surface area contributed by atoms with Gasteiger partial charge in [0.25, 0.3) is 0 Å². The SMILES string of the molecule is CC(=O)NCCNS(=O)(=O)c1ccc(C(=O)O)cc1F. The lowest BCUT2D eigenvalue weighted by molar-refractivity contribution is -0.118. The molecule has 0 aliphatic carbocycles. The molecule has 0 heterocycles. The Balaban J connectivity index is 2.82. The second-order valence-electron chi connectivity index (χ2n) is 3.83. The van der Waals surface area contributed by atoms with Crippen LogP contribution < -0.4 is 10.0 Å². The van der Waals surface area contributed by atoms with E-state index in [1.54, 1.807) is 0 Å². The molecule has 7 nitrogen and oxygen atoms in total. The van der Waals surface area contributed by atoms with Crippen LogP contribution in [0.25, 0.3) is 0 Å². The molecule has 9 heteroatoms. The third kappa shape index (κ3) is 4.28. The fourth-order valence-electron chi connectivity index (χ4n) is 1.35. The number of aromatic carboxylic acids is 1. The number of carbonyl (C=O) groups is 2. The van der Waals surface area contributed by atoms with Crippen molar-refractivity contribution in [3.05, 3.63) is 29.6 Å². The molecule has 110 valence electrons. The number of rotatable bonds is 6. The Morgan fingerprint density at radius 1 is 1.30 bits per heavy atom. The monoisotopic (exact) mass is 304 g/mol. The molecular formula is C11H13FN2O5S. The number of nitrogens with one attached hydrogen (secondary N) is 2. The number of carbonyl (C=O) groups excluding carboxylic acids is 1. The molecule has 1 rings (SSSR count). The van der Waals surface area contributed by atoms with Crippen molar-refractivity contribution in [1.29, 1.82) is 0 Å². The van der Waals surface area contributed by atoms with Crippen molar-refractivity contribution in [3.63, 3.8) is 0 Å². The molecule has 1 aromatic rings. The van der Waals surface area contributed by atoms with Gasteiger partial charge in [0.2, 0.25) is 15.9 Å². The van der Waals surface area contributed by atoms with Gasteiger partial charge in [-0.25, -0.2) is 22.3 Å². The number of sulfonamides is 1. The lowest BCUT2D eigenvalue weighted by Crippen LogP contribution is -2.34. The summed E-state index contributed by atoms with van der Waals surface area (Å²) in [5.41, 5.74) is -0.348. The zero-order chi connectivity index (χ0) is 15.3. The summed E-state index contributed by atoms with van der Waals surface area (Å²) in [5.74, 6) is -2.83. The fraction of sp³-hybridized carbons (Fsp3) is 0.273.